The number of likely N-dealkylation sites (tertiary alicyclic amines) is 1. The van der Waals surface area contributed by atoms with Crippen molar-refractivity contribution in [3.8, 4) is 0 Å². The van der Waals surface area contributed by atoms with Gasteiger partial charge in [0.05, 0.1) is 17.3 Å². The summed E-state index contributed by atoms with van der Waals surface area (Å²) >= 11 is 0. The Morgan fingerprint density at radius 3 is 2.61 bits per heavy atom. The van der Waals surface area contributed by atoms with Crippen LogP contribution in [-0.4, -0.2) is 29.3 Å². The molecule has 23 heavy (non-hydrogen) atoms. The molecule has 1 aromatic rings. The van der Waals surface area contributed by atoms with Crippen LogP contribution in [0.1, 0.15) is 39.0 Å². The Bertz CT molecular complexity index is 594. The van der Waals surface area contributed by atoms with Crippen molar-refractivity contribution in [1.29, 1.82) is 0 Å². The van der Waals surface area contributed by atoms with E-state index in [9.17, 15) is 9.59 Å². The van der Waals surface area contributed by atoms with Crippen LogP contribution in [0.15, 0.2) is 24.3 Å². The maximum absolute atomic E-state index is 12.4. The molecular weight excluding hydrogens is 290 g/mol. The molecule has 0 radical (unpaired) electrons. The van der Waals surface area contributed by atoms with Gasteiger partial charge in [-0.25, -0.2) is 0 Å². The third-order valence-electron chi connectivity index (χ3n) is 5.17. The second kappa shape index (κ2) is 6.60. The fourth-order valence-electron chi connectivity index (χ4n) is 3.66. The van der Waals surface area contributed by atoms with Crippen molar-refractivity contribution in [2.75, 3.05) is 17.6 Å². The van der Waals surface area contributed by atoms with E-state index in [4.69, 9.17) is 5.73 Å². The quantitative estimate of drug-likeness (QED) is 0.842. The number of rotatable bonds is 3. The fraction of sp³-hybridized carbons (Fsp3) is 0.556. The lowest BCUT2D eigenvalue weighted by Gasteiger charge is -2.33. The number of hydrogen-bond donors (Lipinski definition) is 2. The molecule has 2 amide bonds. The van der Waals surface area contributed by atoms with Crippen LogP contribution in [0.4, 0.5) is 11.4 Å². The number of nitrogen functional groups attached to an aromatic ring is 1. The van der Waals surface area contributed by atoms with E-state index in [0.717, 1.165) is 18.8 Å². The first-order valence-corrected chi connectivity index (χ1v) is 8.49. The van der Waals surface area contributed by atoms with Gasteiger partial charge in [-0.15, -0.1) is 0 Å². The summed E-state index contributed by atoms with van der Waals surface area (Å²) in [5.41, 5.74) is 7.02. The van der Waals surface area contributed by atoms with Gasteiger partial charge in [0.1, 0.15) is 0 Å². The molecule has 1 saturated carbocycles. The zero-order chi connectivity index (χ0) is 16.4. The topological polar surface area (TPSA) is 75.4 Å². The Kier molecular flexibility index (Phi) is 4.55. The van der Waals surface area contributed by atoms with Crippen LogP contribution in [-0.2, 0) is 9.59 Å². The van der Waals surface area contributed by atoms with Gasteiger partial charge in [-0.2, -0.15) is 0 Å². The summed E-state index contributed by atoms with van der Waals surface area (Å²) in [7, 11) is 0. The van der Waals surface area contributed by atoms with Crippen LogP contribution in [0.2, 0.25) is 0 Å². The molecule has 3 rings (SSSR count). The van der Waals surface area contributed by atoms with Gasteiger partial charge in [-0.05, 0) is 43.7 Å². The van der Waals surface area contributed by atoms with Gasteiger partial charge in [0, 0.05) is 19.0 Å². The van der Waals surface area contributed by atoms with E-state index >= 15 is 0 Å². The monoisotopic (exact) mass is 315 g/mol. The molecular formula is C18H25N3O2. The number of nitrogens with zero attached hydrogens (tertiary/aromatic N) is 1. The minimum atomic E-state index is -0.276. The molecule has 1 aliphatic heterocycles. The highest BCUT2D eigenvalue weighted by Gasteiger charge is 2.38. The lowest BCUT2D eigenvalue weighted by Crippen LogP contribution is -2.39. The van der Waals surface area contributed by atoms with Crippen molar-refractivity contribution in [2.24, 2.45) is 11.8 Å². The molecule has 1 saturated heterocycles. The summed E-state index contributed by atoms with van der Waals surface area (Å²) in [6, 6.07) is 7.52. The predicted octanol–water partition coefficient (Wildman–Crippen LogP) is 2.63. The number of nitrogens with two attached hydrogens (primary N) is 1. The van der Waals surface area contributed by atoms with E-state index in [2.05, 4.69) is 12.2 Å². The van der Waals surface area contributed by atoms with E-state index < -0.39 is 0 Å². The number of nitrogens with one attached hydrogen (secondary N) is 1. The van der Waals surface area contributed by atoms with Crippen LogP contribution in [0, 0.1) is 11.8 Å². The summed E-state index contributed by atoms with van der Waals surface area (Å²) in [5.74, 6) is 0.485. The minimum Gasteiger partial charge on any atom is -0.397 e. The highest BCUT2D eigenvalue weighted by molar-refractivity contribution is 5.99. The first kappa shape index (κ1) is 15.8. The van der Waals surface area contributed by atoms with Gasteiger partial charge >= 0.3 is 0 Å². The molecule has 3 N–H and O–H groups in total. The Hall–Kier alpha value is -2.04. The Morgan fingerprint density at radius 2 is 1.91 bits per heavy atom. The van der Waals surface area contributed by atoms with E-state index in [1.54, 1.807) is 12.1 Å². The third kappa shape index (κ3) is 3.49. The van der Waals surface area contributed by atoms with E-state index in [1.807, 2.05) is 17.0 Å². The molecule has 1 atom stereocenters. The summed E-state index contributed by atoms with van der Waals surface area (Å²) < 4.78 is 0. The third-order valence-corrected chi connectivity index (χ3v) is 5.17. The van der Waals surface area contributed by atoms with Crippen molar-refractivity contribution >= 4 is 23.2 Å². The lowest BCUT2D eigenvalue weighted by atomic mass is 9.87. The summed E-state index contributed by atoms with van der Waals surface area (Å²) in [5, 5.41) is 2.86. The normalized spacial score (nSPS) is 28.0. The van der Waals surface area contributed by atoms with Gasteiger partial charge in [-0.1, -0.05) is 19.1 Å². The van der Waals surface area contributed by atoms with E-state index in [-0.39, 0.29) is 17.7 Å². The van der Waals surface area contributed by atoms with E-state index in [1.165, 1.54) is 12.8 Å². The van der Waals surface area contributed by atoms with Crippen LogP contribution >= 0.6 is 0 Å². The second-order valence-electron chi connectivity index (χ2n) is 6.94. The summed E-state index contributed by atoms with van der Waals surface area (Å²) in [4.78, 5) is 26.7. The minimum absolute atomic E-state index is 0.108. The molecule has 5 nitrogen and oxygen atoms in total. The SMILES string of the molecule is CC1CCC(N2CC(C(=O)Nc3ccccc3N)CC2=O)CC1. The number of carbonyl (C=O) groups is 2. The van der Waals surface area contributed by atoms with Crippen molar-refractivity contribution in [3.05, 3.63) is 24.3 Å². The van der Waals surface area contributed by atoms with Crippen LogP contribution in [0.5, 0.6) is 0 Å². The Labute approximate surface area is 137 Å². The largest absolute Gasteiger partial charge is 0.397 e. The fourth-order valence-corrected chi connectivity index (χ4v) is 3.66. The van der Waals surface area contributed by atoms with Gasteiger partial charge < -0.3 is 16.0 Å². The lowest BCUT2D eigenvalue weighted by molar-refractivity contribution is -0.130. The van der Waals surface area contributed by atoms with Crippen LogP contribution in [0.3, 0.4) is 0 Å². The molecule has 1 unspecified atom stereocenters. The molecule has 0 spiro atoms. The van der Waals surface area contributed by atoms with Crippen molar-refractivity contribution in [1.82, 2.24) is 4.90 Å². The molecule has 5 heteroatoms. The number of carbonyl (C=O) groups excluding carboxylic acids is 2. The highest BCUT2D eigenvalue weighted by atomic mass is 16.2. The van der Waals surface area contributed by atoms with Crippen molar-refractivity contribution < 1.29 is 9.59 Å². The molecule has 2 aliphatic rings. The second-order valence-corrected chi connectivity index (χ2v) is 6.94. The van der Waals surface area contributed by atoms with Gasteiger partial charge in [0.15, 0.2) is 0 Å². The first-order valence-electron chi connectivity index (χ1n) is 8.49. The number of para-hydroxylation sites is 2. The standard InChI is InChI=1S/C18H25N3O2/c1-12-6-8-14(9-7-12)21-11-13(10-17(21)22)18(23)20-16-5-3-2-4-15(16)19/h2-5,12-14H,6-11,19H2,1H3,(H,20,23). The van der Waals surface area contributed by atoms with Gasteiger partial charge in [0.25, 0.3) is 0 Å². The molecule has 0 bridgehead atoms. The highest BCUT2D eigenvalue weighted by Crippen LogP contribution is 2.31. The average molecular weight is 315 g/mol. The maximum Gasteiger partial charge on any atom is 0.229 e. The zero-order valence-corrected chi connectivity index (χ0v) is 13.6. The average Bonchev–Trinajstić information content (AvgIpc) is 2.92. The summed E-state index contributed by atoms with van der Waals surface area (Å²) in [6.07, 6.45) is 4.78. The molecule has 1 aliphatic carbocycles. The van der Waals surface area contributed by atoms with E-state index in [0.29, 0.717) is 30.4 Å². The number of amides is 2. The molecule has 2 fully saturated rings. The summed E-state index contributed by atoms with van der Waals surface area (Å²) in [6.45, 7) is 2.80. The molecule has 1 aromatic carbocycles. The van der Waals surface area contributed by atoms with Crippen molar-refractivity contribution in [2.45, 2.75) is 45.1 Å². The molecule has 0 aromatic heterocycles. The van der Waals surface area contributed by atoms with Crippen molar-refractivity contribution in [3.63, 3.8) is 0 Å². The van der Waals surface area contributed by atoms with Crippen LogP contribution < -0.4 is 11.1 Å². The molecule has 124 valence electrons. The molecule has 1 heterocycles. The Balaban J connectivity index is 1.61. The number of hydrogen-bond acceptors (Lipinski definition) is 3. The first-order chi connectivity index (χ1) is 11.0. The maximum atomic E-state index is 12.4. The van der Waals surface area contributed by atoms with Gasteiger partial charge in [-0.3, -0.25) is 9.59 Å². The number of benzene rings is 1. The Morgan fingerprint density at radius 1 is 1.22 bits per heavy atom. The predicted molar refractivity (Wildman–Crippen MR) is 90.7 cm³/mol. The van der Waals surface area contributed by atoms with Gasteiger partial charge in [0.2, 0.25) is 11.8 Å². The zero-order valence-electron chi connectivity index (χ0n) is 13.6. The van der Waals surface area contributed by atoms with Crippen LogP contribution in [0.25, 0.3) is 0 Å². The smallest absolute Gasteiger partial charge is 0.229 e. The number of anilines is 2.